The van der Waals surface area contributed by atoms with Gasteiger partial charge < -0.3 is 5.32 Å². The molecule has 15 heavy (non-hydrogen) atoms. The van der Waals surface area contributed by atoms with E-state index in [1.165, 1.54) is 12.8 Å². The molecular formula is C10H11IN2O2. The molecule has 0 heterocycles. The van der Waals surface area contributed by atoms with E-state index in [1.54, 1.807) is 12.1 Å². The second-order valence-electron chi connectivity index (χ2n) is 3.74. The topological polar surface area (TPSA) is 55.2 Å². The summed E-state index contributed by atoms with van der Waals surface area (Å²) in [5.74, 6) is 0.712. The first-order valence-corrected chi connectivity index (χ1v) is 5.92. The van der Waals surface area contributed by atoms with Gasteiger partial charge in [-0.2, -0.15) is 0 Å². The third kappa shape index (κ3) is 2.80. The van der Waals surface area contributed by atoms with Crippen LogP contribution in [0.4, 0.5) is 11.4 Å². The average Bonchev–Trinajstić information content (AvgIpc) is 2.99. The van der Waals surface area contributed by atoms with Crippen molar-refractivity contribution in [1.29, 1.82) is 0 Å². The van der Waals surface area contributed by atoms with E-state index >= 15 is 0 Å². The molecule has 0 bridgehead atoms. The molecule has 0 unspecified atom stereocenters. The molecule has 1 aliphatic rings. The molecule has 0 saturated heterocycles. The van der Waals surface area contributed by atoms with Crippen LogP contribution in [-0.4, -0.2) is 11.5 Å². The predicted molar refractivity (Wildman–Crippen MR) is 67.0 cm³/mol. The molecule has 1 N–H and O–H groups in total. The van der Waals surface area contributed by atoms with Crippen LogP contribution in [-0.2, 0) is 0 Å². The Hall–Kier alpha value is -0.850. The highest BCUT2D eigenvalue weighted by molar-refractivity contribution is 14.1. The summed E-state index contributed by atoms with van der Waals surface area (Å²) in [6.45, 7) is 0.849. The Labute approximate surface area is 101 Å². The second kappa shape index (κ2) is 4.34. The fourth-order valence-corrected chi connectivity index (χ4v) is 1.86. The van der Waals surface area contributed by atoms with Crippen LogP contribution in [0.3, 0.4) is 0 Å². The standard InChI is InChI=1S/C10H11IN2O2/c11-8-3-4-9(10(5-8)13(14)15)12-6-7-1-2-7/h3-5,7,12H,1-2,6H2. The fraction of sp³-hybridized carbons (Fsp3) is 0.400. The van der Waals surface area contributed by atoms with E-state index in [9.17, 15) is 10.1 Å². The molecule has 0 spiro atoms. The number of rotatable bonds is 4. The van der Waals surface area contributed by atoms with E-state index in [4.69, 9.17) is 0 Å². The van der Waals surface area contributed by atoms with Crippen molar-refractivity contribution in [3.63, 3.8) is 0 Å². The molecule has 1 fully saturated rings. The molecular weight excluding hydrogens is 307 g/mol. The zero-order chi connectivity index (χ0) is 10.8. The zero-order valence-electron chi connectivity index (χ0n) is 8.07. The number of nitrogens with zero attached hydrogens (tertiary/aromatic N) is 1. The van der Waals surface area contributed by atoms with E-state index in [0.29, 0.717) is 11.6 Å². The second-order valence-corrected chi connectivity index (χ2v) is 4.99. The minimum absolute atomic E-state index is 0.169. The maximum atomic E-state index is 10.8. The molecule has 5 heteroatoms. The van der Waals surface area contributed by atoms with Gasteiger partial charge in [-0.15, -0.1) is 0 Å². The van der Waals surface area contributed by atoms with Crippen molar-refractivity contribution in [2.75, 3.05) is 11.9 Å². The summed E-state index contributed by atoms with van der Waals surface area (Å²) in [5.41, 5.74) is 0.801. The molecule has 2 rings (SSSR count). The van der Waals surface area contributed by atoms with Gasteiger partial charge in [0.25, 0.3) is 5.69 Å². The highest BCUT2D eigenvalue weighted by Crippen LogP contribution is 2.31. The lowest BCUT2D eigenvalue weighted by Gasteiger charge is -2.06. The van der Waals surface area contributed by atoms with Gasteiger partial charge in [-0.1, -0.05) is 0 Å². The van der Waals surface area contributed by atoms with Crippen LogP contribution in [0.5, 0.6) is 0 Å². The molecule has 0 aromatic heterocycles. The monoisotopic (exact) mass is 318 g/mol. The number of hydrogen-bond acceptors (Lipinski definition) is 3. The zero-order valence-corrected chi connectivity index (χ0v) is 10.2. The van der Waals surface area contributed by atoms with E-state index < -0.39 is 0 Å². The van der Waals surface area contributed by atoms with Crippen molar-refractivity contribution in [3.8, 4) is 0 Å². The van der Waals surface area contributed by atoms with Gasteiger partial charge in [0.15, 0.2) is 0 Å². The smallest absolute Gasteiger partial charge is 0.293 e. The van der Waals surface area contributed by atoms with Gasteiger partial charge in [0.1, 0.15) is 5.69 Å². The van der Waals surface area contributed by atoms with E-state index in [2.05, 4.69) is 27.9 Å². The molecule has 0 amide bonds. The lowest BCUT2D eigenvalue weighted by atomic mass is 10.2. The van der Waals surface area contributed by atoms with Crippen molar-refractivity contribution in [1.82, 2.24) is 0 Å². The van der Waals surface area contributed by atoms with E-state index in [-0.39, 0.29) is 10.6 Å². The van der Waals surface area contributed by atoms with Crippen molar-refractivity contribution < 1.29 is 4.92 Å². The normalized spacial score (nSPS) is 15.0. The predicted octanol–water partition coefficient (Wildman–Crippen LogP) is 3.02. The molecule has 80 valence electrons. The van der Waals surface area contributed by atoms with Crippen molar-refractivity contribution in [2.45, 2.75) is 12.8 Å². The van der Waals surface area contributed by atoms with Crippen LogP contribution in [0.1, 0.15) is 12.8 Å². The number of nitro benzene ring substituents is 1. The Balaban J connectivity index is 2.15. The summed E-state index contributed by atoms with van der Waals surface area (Å²) in [5, 5.41) is 13.9. The summed E-state index contributed by atoms with van der Waals surface area (Å²) in [7, 11) is 0. The number of benzene rings is 1. The maximum Gasteiger partial charge on any atom is 0.293 e. The SMILES string of the molecule is O=[N+]([O-])c1cc(I)ccc1NCC1CC1. The van der Waals surface area contributed by atoms with Crippen LogP contribution in [0, 0.1) is 19.6 Å². The highest BCUT2D eigenvalue weighted by atomic mass is 127. The van der Waals surface area contributed by atoms with Gasteiger partial charge in [-0.25, -0.2) is 0 Å². The van der Waals surface area contributed by atoms with Crippen LogP contribution >= 0.6 is 22.6 Å². The lowest BCUT2D eigenvalue weighted by molar-refractivity contribution is -0.384. The Kier molecular flexibility index (Phi) is 3.08. The largest absolute Gasteiger partial charge is 0.379 e. The van der Waals surface area contributed by atoms with Gasteiger partial charge in [0.2, 0.25) is 0 Å². The van der Waals surface area contributed by atoms with E-state index in [1.807, 2.05) is 6.07 Å². The molecule has 0 atom stereocenters. The summed E-state index contributed by atoms with van der Waals surface area (Å²) in [4.78, 5) is 10.5. The molecule has 1 aromatic carbocycles. The molecule has 0 radical (unpaired) electrons. The quantitative estimate of drug-likeness (QED) is 0.527. The number of halogens is 1. The van der Waals surface area contributed by atoms with Gasteiger partial charge in [0, 0.05) is 16.2 Å². The first kappa shape index (κ1) is 10.7. The Morgan fingerprint density at radius 1 is 1.53 bits per heavy atom. The Bertz CT molecular complexity index is 391. The lowest BCUT2D eigenvalue weighted by Crippen LogP contribution is -2.05. The van der Waals surface area contributed by atoms with Gasteiger partial charge >= 0.3 is 0 Å². The third-order valence-corrected chi connectivity index (χ3v) is 3.11. The number of hydrogen-bond donors (Lipinski definition) is 1. The molecule has 1 saturated carbocycles. The number of nitrogens with one attached hydrogen (secondary N) is 1. The summed E-state index contributed by atoms with van der Waals surface area (Å²) in [6, 6.07) is 5.25. The van der Waals surface area contributed by atoms with Crippen LogP contribution in [0.25, 0.3) is 0 Å². The molecule has 4 nitrogen and oxygen atoms in total. The summed E-state index contributed by atoms with van der Waals surface area (Å²) >= 11 is 2.08. The first-order chi connectivity index (χ1) is 7.16. The molecule has 1 aromatic rings. The maximum absolute atomic E-state index is 10.8. The van der Waals surface area contributed by atoms with Crippen LogP contribution < -0.4 is 5.32 Å². The third-order valence-electron chi connectivity index (χ3n) is 2.43. The van der Waals surface area contributed by atoms with Gasteiger partial charge in [0.05, 0.1) is 4.92 Å². The van der Waals surface area contributed by atoms with Crippen molar-refractivity contribution in [3.05, 3.63) is 31.9 Å². The molecule has 0 aliphatic heterocycles. The first-order valence-electron chi connectivity index (χ1n) is 4.84. The van der Waals surface area contributed by atoms with Crippen LogP contribution in [0.15, 0.2) is 18.2 Å². The van der Waals surface area contributed by atoms with Crippen molar-refractivity contribution in [2.24, 2.45) is 5.92 Å². The summed E-state index contributed by atoms with van der Waals surface area (Å²) < 4.78 is 0.885. The Morgan fingerprint density at radius 3 is 2.87 bits per heavy atom. The summed E-state index contributed by atoms with van der Waals surface area (Å²) in [6.07, 6.45) is 2.48. The highest BCUT2D eigenvalue weighted by Gasteiger charge is 2.22. The van der Waals surface area contributed by atoms with E-state index in [0.717, 1.165) is 10.1 Å². The minimum Gasteiger partial charge on any atom is -0.379 e. The number of anilines is 1. The van der Waals surface area contributed by atoms with Gasteiger partial charge in [-0.3, -0.25) is 10.1 Å². The Morgan fingerprint density at radius 2 is 2.27 bits per heavy atom. The minimum atomic E-state index is -0.336. The van der Waals surface area contributed by atoms with Gasteiger partial charge in [-0.05, 0) is 53.5 Å². The fourth-order valence-electron chi connectivity index (χ4n) is 1.38. The van der Waals surface area contributed by atoms with Crippen LogP contribution in [0.2, 0.25) is 0 Å². The van der Waals surface area contributed by atoms with Crippen molar-refractivity contribution >= 4 is 34.0 Å². The number of nitro groups is 1. The average molecular weight is 318 g/mol. The molecule has 1 aliphatic carbocycles.